The van der Waals surface area contributed by atoms with Gasteiger partial charge < -0.3 is 25.5 Å². The van der Waals surface area contributed by atoms with Gasteiger partial charge >= 0.3 is 0 Å². The summed E-state index contributed by atoms with van der Waals surface area (Å²) in [4.78, 5) is 1.56. The van der Waals surface area contributed by atoms with Gasteiger partial charge in [-0.3, -0.25) is 4.90 Å². The Morgan fingerprint density at radius 3 is 2.21 bits per heavy atom. The normalized spacial score (nSPS) is 40.1. The van der Waals surface area contributed by atoms with Crippen LogP contribution in [0.4, 0.5) is 0 Å². The van der Waals surface area contributed by atoms with Crippen LogP contribution in [0, 0.1) is 0 Å². The fourth-order valence-electron chi connectivity index (χ4n) is 1.76. The molecule has 1 aliphatic heterocycles. The van der Waals surface area contributed by atoms with Crippen LogP contribution in [-0.4, -0.2) is 81.1 Å². The number of rotatable bonds is 3. The highest BCUT2D eigenvalue weighted by Crippen LogP contribution is 2.18. The van der Waals surface area contributed by atoms with Gasteiger partial charge in [-0.05, 0) is 0 Å². The lowest BCUT2D eigenvalue weighted by molar-refractivity contribution is -0.146. The molecule has 1 rings (SSSR count). The Labute approximate surface area is 82.0 Å². The molecule has 0 saturated carbocycles. The van der Waals surface area contributed by atoms with Crippen LogP contribution in [0.3, 0.4) is 0 Å². The van der Waals surface area contributed by atoms with Crippen molar-refractivity contribution < 1.29 is 25.5 Å². The van der Waals surface area contributed by atoms with Gasteiger partial charge in [-0.15, -0.1) is 0 Å². The smallest absolute Gasteiger partial charge is 0.109 e. The molecule has 0 radical (unpaired) electrons. The monoisotopic (exact) mass is 207 g/mol. The number of piperidine rings is 1. The number of β-amino-alcohol motifs (C(OH)–C–C–N with tert-alkyl or cyclic N) is 2. The summed E-state index contributed by atoms with van der Waals surface area (Å²) < 4.78 is 0. The van der Waals surface area contributed by atoms with Gasteiger partial charge in [-0.1, -0.05) is 0 Å². The zero-order valence-electron chi connectivity index (χ0n) is 7.82. The van der Waals surface area contributed by atoms with E-state index in [9.17, 15) is 15.3 Å². The van der Waals surface area contributed by atoms with E-state index < -0.39 is 24.4 Å². The van der Waals surface area contributed by atoms with Gasteiger partial charge in [0.25, 0.3) is 0 Å². The van der Waals surface area contributed by atoms with Crippen molar-refractivity contribution >= 4 is 0 Å². The van der Waals surface area contributed by atoms with Gasteiger partial charge in [0.1, 0.15) is 12.2 Å². The molecule has 6 nitrogen and oxygen atoms in total. The number of hydrogen-bond acceptors (Lipinski definition) is 6. The first kappa shape index (κ1) is 11.8. The molecule has 0 aromatic rings. The minimum Gasteiger partial charge on any atom is -0.395 e. The summed E-state index contributed by atoms with van der Waals surface area (Å²) in [7, 11) is 0. The molecule has 84 valence electrons. The Balaban J connectivity index is 2.66. The molecule has 0 amide bonds. The van der Waals surface area contributed by atoms with Crippen LogP contribution < -0.4 is 0 Å². The largest absolute Gasteiger partial charge is 0.395 e. The third-order valence-electron chi connectivity index (χ3n) is 2.60. The first-order valence-electron chi connectivity index (χ1n) is 4.61. The number of nitrogens with zero attached hydrogens (tertiary/aromatic N) is 1. The second kappa shape index (κ2) is 5.01. The molecule has 0 aromatic carbocycles. The molecule has 1 aliphatic rings. The van der Waals surface area contributed by atoms with Crippen molar-refractivity contribution in [3.8, 4) is 0 Å². The van der Waals surface area contributed by atoms with Crippen molar-refractivity contribution in [3.63, 3.8) is 0 Å². The predicted octanol–water partition coefficient (Wildman–Crippen LogP) is -3.26. The molecule has 4 atom stereocenters. The third kappa shape index (κ3) is 2.22. The van der Waals surface area contributed by atoms with E-state index in [0.717, 1.165) is 0 Å². The van der Waals surface area contributed by atoms with E-state index in [2.05, 4.69) is 0 Å². The van der Waals surface area contributed by atoms with Crippen LogP contribution in [0.2, 0.25) is 0 Å². The number of hydrogen-bond donors (Lipinski definition) is 5. The summed E-state index contributed by atoms with van der Waals surface area (Å²) in [5.41, 5.74) is 0. The van der Waals surface area contributed by atoms with E-state index in [1.807, 2.05) is 0 Å². The molecule has 14 heavy (non-hydrogen) atoms. The van der Waals surface area contributed by atoms with Crippen LogP contribution in [0.1, 0.15) is 0 Å². The second-order valence-electron chi connectivity index (χ2n) is 3.52. The molecule has 0 spiro atoms. The van der Waals surface area contributed by atoms with E-state index in [1.165, 1.54) is 0 Å². The molecule has 0 aliphatic carbocycles. The van der Waals surface area contributed by atoms with E-state index in [-0.39, 0.29) is 26.3 Å². The molecular formula is C8H17NO5. The Morgan fingerprint density at radius 1 is 1.07 bits per heavy atom. The number of aliphatic hydroxyl groups is 5. The molecule has 0 unspecified atom stereocenters. The molecule has 1 fully saturated rings. The molecule has 1 saturated heterocycles. The number of aliphatic hydroxyl groups excluding tert-OH is 5. The summed E-state index contributed by atoms with van der Waals surface area (Å²) in [6.45, 7) is -0.0347. The average Bonchev–Trinajstić information content (AvgIpc) is 2.16. The van der Waals surface area contributed by atoms with Crippen molar-refractivity contribution in [2.45, 2.75) is 24.4 Å². The highest BCUT2D eigenvalue weighted by Gasteiger charge is 2.40. The Bertz CT molecular complexity index is 179. The zero-order chi connectivity index (χ0) is 10.7. The van der Waals surface area contributed by atoms with Gasteiger partial charge in [0.05, 0.1) is 25.4 Å². The van der Waals surface area contributed by atoms with E-state index in [1.54, 1.807) is 4.90 Å². The Hall–Kier alpha value is -0.240. The molecular weight excluding hydrogens is 190 g/mol. The lowest BCUT2D eigenvalue weighted by atomic mass is 9.94. The molecule has 0 bridgehead atoms. The van der Waals surface area contributed by atoms with Gasteiger partial charge in [-0.2, -0.15) is 0 Å². The summed E-state index contributed by atoms with van der Waals surface area (Å²) in [5, 5.41) is 45.9. The van der Waals surface area contributed by atoms with E-state index >= 15 is 0 Å². The van der Waals surface area contributed by atoms with Crippen LogP contribution in [0.5, 0.6) is 0 Å². The van der Waals surface area contributed by atoms with E-state index in [0.29, 0.717) is 0 Å². The maximum absolute atomic E-state index is 9.51. The second-order valence-corrected chi connectivity index (χ2v) is 3.52. The topological polar surface area (TPSA) is 104 Å². The maximum atomic E-state index is 9.51. The quantitative estimate of drug-likeness (QED) is 0.333. The Kier molecular flexibility index (Phi) is 4.24. The SMILES string of the molecule is OCCN1C[C@@H](O)[C@H](O)[C@@H](O)[C@@H]1CO. The van der Waals surface area contributed by atoms with Gasteiger partial charge in [0.15, 0.2) is 0 Å². The molecule has 0 aromatic heterocycles. The van der Waals surface area contributed by atoms with Crippen LogP contribution >= 0.6 is 0 Å². The molecule has 1 heterocycles. The first-order valence-corrected chi connectivity index (χ1v) is 4.61. The molecule has 6 heteroatoms. The van der Waals surface area contributed by atoms with Crippen LogP contribution in [0.15, 0.2) is 0 Å². The van der Waals surface area contributed by atoms with Crippen molar-refractivity contribution in [3.05, 3.63) is 0 Å². The minimum absolute atomic E-state index is 0.119. The fraction of sp³-hybridized carbons (Fsp3) is 1.00. The zero-order valence-corrected chi connectivity index (χ0v) is 7.82. The summed E-state index contributed by atoms with van der Waals surface area (Å²) >= 11 is 0. The van der Waals surface area contributed by atoms with Gasteiger partial charge in [0.2, 0.25) is 0 Å². The lowest BCUT2D eigenvalue weighted by Gasteiger charge is -2.42. The van der Waals surface area contributed by atoms with Crippen molar-refractivity contribution in [2.24, 2.45) is 0 Å². The lowest BCUT2D eigenvalue weighted by Crippen LogP contribution is -2.62. The highest BCUT2D eigenvalue weighted by molar-refractivity contribution is 4.93. The van der Waals surface area contributed by atoms with Gasteiger partial charge in [-0.25, -0.2) is 0 Å². The fourth-order valence-corrected chi connectivity index (χ4v) is 1.76. The Morgan fingerprint density at radius 2 is 1.71 bits per heavy atom. The van der Waals surface area contributed by atoms with E-state index in [4.69, 9.17) is 10.2 Å². The van der Waals surface area contributed by atoms with Crippen LogP contribution in [-0.2, 0) is 0 Å². The maximum Gasteiger partial charge on any atom is 0.109 e. The summed E-state index contributed by atoms with van der Waals surface area (Å²) in [5.74, 6) is 0. The summed E-state index contributed by atoms with van der Waals surface area (Å²) in [6, 6.07) is -0.624. The average molecular weight is 207 g/mol. The highest BCUT2D eigenvalue weighted by atomic mass is 16.4. The number of likely N-dealkylation sites (tertiary alicyclic amines) is 1. The molecule has 5 N–H and O–H groups in total. The van der Waals surface area contributed by atoms with Crippen molar-refractivity contribution in [2.75, 3.05) is 26.3 Å². The van der Waals surface area contributed by atoms with Crippen molar-refractivity contribution in [1.29, 1.82) is 0 Å². The van der Waals surface area contributed by atoms with Crippen LogP contribution in [0.25, 0.3) is 0 Å². The van der Waals surface area contributed by atoms with Crippen molar-refractivity contribution in [1.82, 2.24) is 4.90 Å². The summed E-state index contributed by atoms with van der Waals surface area (Å²) in [6.07, 6.45) is -3.46. The van der Waals surface area contributed by atoms with Gasteiger partial charge in [0, 0.05) is 13.1 Å². The third-order valence-corrected chi connectivity index (χ3v) is 2.60. The minimum atomic E-state index is -1.23. The predicted molar refractivity (Wildman–Crippen MR) is 47.6 cm³/mol. The standard InChI is InChI=1S/C8H17NO5/c10-2-1-9-3-6(12)8(14)7(13)5(9)4-11/h5-8,10-14H,1-4H2/t5-,6+,7-,8-/m0/s1. The first-order chi connectivity index (χ1) is 6.61.